The fourth-order valence-corrected chi connectivity index (χ4v) is 3.11. The van der Waals surface area contributed by atoms with Crippen LogP contribution in [0.1, 0.15) is 39.2 Å². The Hall–Kier alpha value is -4.40. The predicted octanol–water partition coefficient (Wildman–Crippen LogP) is -0.731. The van der Waals surface area contributed by atoms with Gasteiger partial charge in [-0.1, -0.05) is 30.3 Å². The Morgan fingerprint density at radius 1 is 0.811 bits per heavy atom. The van der Waals surface area contributed by atoms with Gasteiger partial charge in [-0.2, -0.15) is 0 Å². The van der Waals surface area contributed by atoms with Gasteiger partial charge >= 0.3 is 11.9 Å². The summed E-state index contributed by atoms with van der Waals surface area (Å²) in [7, 11) is 1.17. The van der Waals surface area contributed by atoms with E-state index in [9.17, 15) is 33.9 Å². The standard InChI is InChI=1S/C25H32N4O8/c1-15(22(32)29-21(24(34)35)14-18-10-6-5-7-11-18)26-23(33)19(27-16(2)30)12-8-9-13-20(25(36)37-4)28-17(3)31/h5-7,10-11,15,19-21H,12-14H2,1-4H3,(H,26,33)(H,27,30)(H,28,31)(H,29,32)(H,34,35)/t15-,19?,20?,21-/m1/s1. The molecule has 4 atom stereocenters. The Kier molecular flexibility index (Phi) is 12.9. The highest BCUT2D eigenvalue weighted by atomic mass is 16.5. The van der Waals surface area contributed by atoms with E-state index in [-0.39, 0.29) is 19.3 Å². The highest BCUT2D eigenvalue weighted by Gasteiger charge is 2.27. The molecule has 1 aromatic carbocycles. The van der Waals surface area contributed by atoms with Gasteiger partial charge in [-0.15, -0.1) is 11.8 Å². The van der Waals surface area contributed by atoms with Crippen molar-refractivity contribution in [3.05, 3.63) is 35.9 Å². The van der Waals surface area contributed by atoms with Crippen molar-refractivity contribution in [2.75, 3.05) is 7.11 Å². The molecular formula is C25H32N4O8. The summed E-state index contributed by atoms with van der Waals surface area (Å²) in [6.45, 7) is 3.81. The van der Waals surface area contributed by atoms with Crippen LogP contribution >= 0.6 is 0 Å². The number of rotatable bonds is 12. The molecule has 0 aliphatic rings. The molecule has 0 spiro atoms. The number of carboxylic acids is 1. The lowest BCUT2D eigenvalue weighted by Gasteiger charge is -2.21. The molecule has 4 amide bonds. The van der Waals surface area contributed by atoms with Crippen LogP contribution in [0, 0.1) is 11.8 Å². The molecule has 1 rings (SSSR count). The van der Waals surface area contributed by atoms with E-state index in [1.165, 1.54) is 27.9 Å². The average Bonchev–Trinajstić information content (AvgIpc) is 2.84. The molecule has 200 valence electrons. The molecular weight excluding hydrogens is 484 g/mol. The highest BCUT2D eigenvalue weighted by Crippen LogP contribution is 2.04. The van der Waals surface area contributed by atoms with E-state index in [1.807, 2.05) is 0 Å². The van der Waals surface area contributed by atoms with Crippen molar-refractivity contribution in [3.8, 4) is 11.8 Å². The normalized spacial score (nSPS) is 13.3. The minimum absolute atomic E-state index is 0.0533. The smallest absolute Gasteiger partial charge is 0.329 e. The summed E-state index contributed by atoms with van der Waals surface area (Å²) in [4.78, 5) is 71.4. The number of benzene rings is 1. The van der Waals surface area contributed by atoms with Gasteiger partial charge in [0.2, 0.25) is 23.6 Å². The van der Waals surface area contributed by atoms with Crippen molar-refractivity contribution in [1.29, 1.82) is 0 Å². The second-order valence-electron chi connectivity index (χ2n) is 8.11. The first-order chi connectivity index (χ1) is 17.4. The van der Waals surface area contributed by atoms with E-state index in [0.29, 0.717) is 5.56 Å². The van der Waals surface area contributed by atoms with Crippen LogP contribution in [0.4, 0.5) is 0 Å². The van der Waals surface area contributed by atoms with E-state index < -0.39 is 59.7 Å². The van der Waals surface area contributed by atoms with Crippen LogP contribution in [-0.2, 0) is 39.9 Å². The Morgan fingerprint density at radius 2 is 1.35 bits per heavy atom. The fraction of sp³-hybridized carbons (Fsp3) is 0.440. The maximum absolute atomic E-state index is 12.7. The number of ether oxygens (including phenoxy) is 1. The molecule has 12 nitrogen and oxygen atoms in total. The van der Waals surface area contributed by atoms with Gasteiger partial charge in [-0.05, 0) is 12.5 Å². The van der Waals surface area contributed by atoms with Crippen molar-refractivity contribution in [2.45, 2.75) is 64.2 Å². The van der Waals surface area contributed by atoms with Gasteiger partial charge in [0, 0.05) is 33.1 Å². The summed E-state index contributed by atoms with van der Waals surface area (Å²) in [5.41, 5.74) is 0.712. The molecule has 12 heteroatoms. The first-order valence-corrected chi connectivity index (χ1v) is 11.4. The predicted molar refractivity (Wildman–Crippen MR) is 132 cm³/mol. The summed E-state index contributed by atoms with van der Waals surface area (Å²) in [5.74, 6) is 1.01. The van der Waals surface area contributed by atoms with Gasteiger partial charge in [-0.3, -0.25) is 19.2 Å². The van der Waals surface area contributed by atoms with E-state index in [1.54, 1.807) is 30.3 Å². The molecule has 2 unspecified atom stereocenters. The van der Waals surface area contributed by atoms with Gasteiger partial charge in [0.25, 0.3) is 0 Å². The van der Waals surface area contributed by atoms with Gasteiger partial charge in [-0.25, -0.2) is 9.59 Å². The van der Waals surface area contributed by atoms with Gasteiger partial charge < -0.3 is 31.1 Å². The molecule has 0 aliphatic heterocycles. The number of hydrogen-bond acceptors (Lipinski definition) is 7. The number of carbonyl (C=O) groups is 6. The molecule has 0 bridgehead atoms. The van der Waals surface area contributed by atoms with Crippen LogP contribution in [0.3, 0.4) is 0 Å². The quantitative estimate of drug-likeness (QED) is 0.178. The first-order valence-electron chi connectivity index (χ1n) is 11.4. The molecule has 0 fully saturated rings. The topological polar surface area (TPSA) is 180 Å². The van der Waals surface area contributed by atoms with Crippen molar-refractivity contribution in [1.82, 2.24) is 21.3 Å². The van der Waals surface area contributed by atoms with E-state index in [4.69, 9.17) is 0 Å². The van der Waals surface area contributed by atoms with Crippen molar-refractivity contribution in [2.24, 2.45) is 0 Å². The lowest BCUT2D eigenvalue weighted by Crippen LogP contribution is -2.54. The monoisotopic (exact) mass is 516 g/mol. The third-order valence-corrected chi connectivity index (χ3v) is 4.94. The van der Waals surface area contributed by atoms with Crippen LogP contribution in [0.2, 0.25) is 0 Å². The third-order valence-electron chi connectivity index (χ3n) is 4.94. The van der Waals surface area contributed by atoms with Crippen LogP contribution in [0.5, 0.6) is 0 Å². The second kappa shape index (κ2) is 15.6. The molecule has 0 heterocycles. The van der Waals surface area contributed by atoms with Gasteiger partial charge in [0.1, 0.15) is 24.2 Å². The number of esters is 1. The first kappa shape index (κ1) is 30.6. The number of amides is 4. The number of nitrogens with one attached hydrogen (secondary N) is 4. The summed E-state index contributed by atoms with van der Waals surface area (Å²) in [6.07, 6.45) is -0.186. The van der Waals surface area contributed by atoms with Crippen LogP contribution in [0.25, 0.3) is 0 Å². The van der Waals surface area contributed by atoms with Crippen LogP contribution < -0.4 is 21.3 Å². The Balaban J connectivity index is 2.79. The maximum Gasteiger partial charge on any atom is 0.329 e. The molecule has 1 aromatic rings. The maximum atomic E-state index is 12.7. The Morgan fingerprint density at radius 3 is 1.86 bits per heavy atom. The molecule has 0 aliphatic carbocycles. The largest absolute Gasteiger partial charge is 0.480 e. The van der Waals surface area contributed by atoms with E-state index in [0.717, 1.165) is 0 Å². The number of aliphatic carboxylic acids is 1. The SMILES string of the molecule is COC(=O)C(CC#CCC(NC(C)=O)C(=O)N[C@H](C)C(=O)N[C@H](Cc1ccccc1)C(=O)O)NC(C)=O. The molecule has 0 saturated heterocycles. The fourth-order valence-electron chi connectivity index (χ4n) is 3.11. The van der Waals surface area contributed by atoms with Crippen LogP contribution in [-0.4, -0.2) is 72.0 Å². The molecule has 37 heavy (non-hydrogen) atoms. The molecule has 0 radical (unpaired) electrons. The highest BCUT2D eigenvalue weighted by molar-refractivity contribution is 5.93. The Bertz CT molecular complexity index is 1050. The van der Waals surface area contributed by atoms with Crippen LogP contribution in [0.15, 0.2) is 30.3 Å². The molecule has 0 saturated carbocycles. The zero-order chi connectivity index (χ0) is 28.0. The molecule has 5 N–H and O–H groups in total. The minimum Gasteiger partial charge on any atom is -0.480 e. The number of methoxy groups -OCH3 is 1. The zero-order valence-corrected chi connectivity index (χ0v) is 21.1. The number of carboxylic acid groups (broad SMARTS) is 1. The summed E-state index contributed by atoms with van der Waals surface area (Å²) in [6, 6.07) is 4.30. The average molecular weight is 517 g/mol. The van der Waals surface area contributed by atoms with Crippen molar-refractivity contribution < 1.29 is 38.6 Å². The Labute approximate surface area is 214 Å². The van der Waals surface area contributed by atoms with Crippen molar-refractivity contribution in [3.63, 3.8) is 0 Å². The van der Waals surface area contributed by atoms with Gasteiger partial charge in [0.15, 0.2) is 0 Å². The zero-order valence-electron chi connectivity index (χ0n) is 21.1. The lowest BCUT2D eigenvalue weighted by atomic mass is 10.1. The van der Waals surface area contributed by atoms with Crippen molar-refractivity contribution >= 4 is 35.6 Å². The van der Waals surface area contributed by atoms with E-state index >= 15 is 0 Å². The number of hydrogen-bond donors (Lipinski definition) is 5. The lowest BCUT2D eigenvalue weighted by molar-refractivity contribution is -0.144. The number of carbonyl (C=O) groups excluding carboxylic acids is 5. The summed E-state index contributed by atoms with van der Waals surface area (Å²) in [5, 5.41) is 19.1. The summed E-state index contributed by atoms with van der Waals surface area (Å²) >= 11 is 0. The van der Waals surface area contributed by atoms with E-state index in [2.05, 4.69) is 37.8 Å². The summed E-state index contributed by atoms with van der Waals surface area (Å²) < 4.78 is 4.61. The second-order valence-corrected chi connectivity index (χ2v) is 8.11. The third kappa shape index (κ3) is 11.7. The van der Waals surface area contributed by atoms with Gasteiger partial charge in [0.05, 0.1) is 7.11 Å². The molecule has 0 aromatic heterocycles. The minimum atomic E-state index is -1.23.